The van der Waals surface area contributed by atoms with Crippen LogP contribution in [0.4, 0.5) is 0 Å². The lowest BCUT2D eigenvalue weighted by molar-refractivity contribution is -0.122. The standard InChI is InChI=1S/C16H26N2O2/c1-11(2)9-14(17)16(19)18-10-12(3)13-7-5-6-8-15(13)20-4/h5-8,11-12,14H,9-10,17H2,1-4H3,(H,18,19)/t12?,14-/m0/s1. The van der Waals surface area contributed by atoms with Gasteiger partial charge in [-0.25, -0.2) is 0 Å². The van der Waals surface area contributed by atoms with E-state index in [4.69, 9.17) is 10.5 Å². The van der Waals surface area contributed by atoms with Gasteiger partial charge in [-0.3, -0.25) is 4.79 Å². The molecule has 112 valence electrons. The second-order valence-corrected chi connectivity index (χ2v) is 5.62. The second-order valence-electron chi connectivity index (χ2n) is 5.62. The Kier molecular flexibility index (Phi) is 6.52. The topological polar surface area (TPSA) is 64.3 Å². The molecule has 0 bridgehead atoms. The highest BCUT2D eigenvalue weighted by atomic mass is 16.5. The summed E-state index contributed by atoms with van der Waals surface area (Å²) < 4.78 is 5.34. The minimum atomic E-state index is -0.431. The smallest absolute Gasteiger partial charge is 0.236 e. The van der Waals surface area contributed by atoms with Gasteiger partial charge in [-0.05, 0) is 24.0 Å². The third kappa shape index (κ3) is 4.85. The zero-order valence-electron chi connectivity index (χ0n) is 12.8. The molecule has 0 aromatic heterocycles. The van der Waals surface area contributed by atoms with Crippen LogP contribution < -0.4 is 15.8 Å². The third-order valence-electron chi connectivity index (χ3n) is 3.31. The molecule has 4 heteroatoms. The van der Waals surface area contributed by atoms with Gasteiger partial charge in [-0.2, -0.15) is 0 Å². The summed E-state index contributed by atoms with van der Waals surface area (Å²) in [4.78, 5) is 11.9. The largest absolute Gasteiger partial charge is 0.496 e. The van der Waals surface area contributed by atoms with Gasteiger partial charge in [0.05, 0.1) is 13.2 Å². The van der Waals surface area contributed by atoms with E-state index in [0.717, 1.165) is 11.3 Å². The summed E-state index contributed by atoms with van der Waals surface area (Å²) in [5.41, 5.74) is 6.95. The number of carbonyl (C=O) groups excluding carboxylic acids is 1. The van der Waals surface area contributed by atoms with Crippen molar-refractivity contribution in [3.8, 4) is 5.75 Å². The molecule has 1 aromatic rings. The predicted molar refractivity (Wildman–Crippen MR) is 81.8 cm³/mol. The number of para-hydroxylation sites is 1. The summed E-state index contributed by atoms with van der Waals surface area (Å²) in [5, 5.41) is 2.92. The Bertz CT molecular complexity index is 432. The van der Waals surface area contributed by atoms with Crippen molar-refractivity contribution in [1.29, 1.82) is 0 Å². The number of rotatable bonds is 7. The van der Waals surface area contributed by atoms with E-state index in [1.54, 1.807) is 7.11 Å². The van der Waals surface area contributed by atoms with Gasteiger partial charge >= 0.3 is 0 Å². The molecule has 2 atom stereocenters. The fourth-order valence-electron chi connectivity index (χ4n) is 2.18. The van der Waals surface area contributed by atoms with E-state index < -0.39 is 6.04 Å². The summed E-state index contributed by atoms with van der Waals surface area (Å²) in [6.45, 7) is 6.74. The Morgan fingerprint density at radius 3 is 2.55 bits per heavy atom. The van der Waals surface area contributed by atoms with Gasteiger partial charge < -0.3 is 15.8 Å². The first kappa shape index (κ1) is 16.5. The van der Waals surface area contributed by atoms with Crippen LogP contribution in [-0.2, 0) is 4.79 Å². The molecule has 1 aromatic carbocycles. The Morgan fingerprint density at radius 2 is 1.95 bits per heavy atom. The van der Waals surface area contributed by atoms with Crippen LogP contribution >= 0.6 is 0 Å². The number of amides is 1. The van der Waals surface area contributed by atoms with Gasteiger partial charge in [-0.15, -0.1) is 0 Å². The maximum absolute atomic E-state index is 11.9. The molecule has 0 aliphatic rings. The maximum atomic E-state index is 11.9. The fraction of sp³-hybridized carbons (Fsp3) is 0.562. The lowest BCUT2D eigenvalue weighted by Gasteiger charge is -2.18. The molecule has 20 heavy (non-hydrogen) atoms. The minimum absolute atomic E-state index is 0.0829. The first-order valence-electron chi connectivity index (χ1n) is 7.11. The summed E-state index contributed by atoms with van der Waals surface area (Å²) in [5.74, 6) is 1.37. The van der Waals surface area contributed by atoms with Crippen LogP contribution in [0.5, 0.6) is 5.75 Å². The molecule has 0 radical (unpaired) electrons. The molecule has 0 aliphatic heterocycles. The molecule has 4 nitrogen and oxygen atoms in total. The first-order chi connectivity index (χ1) is 9.45. The highest BCUT2D eigenvalue weighted by molar-refractivity contribution is 5.81. The SMILES string of the molecule is COc1ccccc1C(C)CNC(=O)[C@@H](N)CC(C)C. The number of nitrogens with two attached hydrogens (primary N) is 1. The van der Waals surface area contributed by atoms with E-state index in [1.807, 2.05) is 24.3 Å². The number of hydrogen-bond donors (Lipinski definition) is 2. The van der Waals surface area contributed by atoms with E-state index in [2.05, 4.69) is 26.1 Å². The number of nitrogens with one attached hydrogen (secondary N) is 1. The van der Waals surface area contributed by atoms with Gasteiger partial charge in [-0.1, -0.05) is 39.0 Å². The fourth-order valence-corrected chi connectivity index (χ4v) is 2.18. The molecular weight excluding hydrogens is 252 g/mol. The van der Waals surface area contributed by atoms with Crippen LogP contribution in [0.15, 0.2) is 24.3 Å². The van der Waals surface area contributed by atoms with Crippen molar-refractivity contribution in [3.63, 3.8) is 0 Å². The number of hydrogen-bond acceptors (Lipinski definition) is 3. The van der Waals surface area contributed by atoms with E-state index in [0.29, 0.717) is 18.9 Å². The molecule has 0 saturated heterocycles. The van der Waals surface area contributed by atoms with E-state index in [9.17, 15) is 4.79 Å². The van der Waals surface area contributed by atoms with Crippen molar-refractivity contribution in [2.45, 2.75) is 39.2 Å². The molecule has 0 heterocycles. The van der Waals surface area contributed by atoms with E-state index >= 15 is 0 Å². The minimum Gasteiger partial charge on any atom is -0.496 e. The summed E-state index contributed by atoms with van der Waals surface area (Å²) >= 11 is 0. The van der Waals surface area contributed by atoms with Gasteiger partial charge in [0.1, 0.15) is 5.75 Å². The Hall–Kier alpha value is -1.55. The van der Waals surface area contributed by atoms with Crippen molar-refractivity contribution in [1.82, 2.24) is 5.32 Å². The Morgan fingerprint density at radius 1 is 1.30 bits per heavy atom. The average Bonchev–Trinajstić information content (AvgIpc) is 2.43. The highest BCUT2D eigenvalue weighted by Crippen LogP contribution is 2.25. The van der Waals surface area contributed by atoms with Crippen LogP contribution in [0.25, 0.3) is 0 Å². The summed E-state index contributed by atoms with van der Waals surface area (Å²) in [6.07, 6.45) is 0.703. The lowest BCUT2D eigenvalue weighted by atomic mass is 9.99. The second kappa shape index (κ2) is 7.90. The average molecular weight is 278 g/mol. The quantitative estimate of drug-likeness (QED) is 0.804. The first-order valence-corrected chi connectivity index (χ1v) is 7.11. The van der Waals surface area contributed by atoms with Crippen LogP contribution in [0.3, 0.4) is 0 Å². The molecule has 0 saturated carbocycles. The molecular formula is C16H26N2O2. The normalized spacial score (nSPS) is 13.9. The van der Waals surface area contributed by atoms with Crippen LogP contribution in [-0.4, -0.2) is 25.6 Å². The Balaban J connectivity index is 2.54. The monoisotopic (exact) mass is 278 g/mol. The molecule has 0 spiro atoms. The van der Waals surface area contributed by atoms with E-state index in [-0.39, 0.29) is 11.8 Å². The van der Waals surface area contributed by atoms with Crippen molar-refractivity contribution < 1.29 is 9.53 Å². The van der Waals surface area contributed by atoms with Crippen molar-refractivity contribution in [3.05, 3.63) is 29.8 Å². The maximum Gasteiger partial charge on any atom is 0.236 e. The molecule has 0 aliphatic carbocycles. The summed E-state index contributed by atoms with van der Waals surface area (Å²) in [7, 11) is 1.66. The molecule has 3 N–H and O–H groups in total. The van der Waals surface area contributed by atoms with Crippen LogP contribution in [0, 0.1) is 5.92 Å². The van der Waals surface area contributed by atoms with Gasteiger partial charge in [0.2, 0.25) is 5.91 Å². The van der Waals surface area contributed by atoms with Gasteiger partial charge in [0.25, 0.3) is 0 Å². The van der Waals surface area contributed by atoms with Crippen molar-refractivity contribution in [2.24, 2.45) is 11.7 Å². The molecule has 1 unspecified atom stereocenters. The lowest BCUT2D eigenvalue weighted by Crippen LogP contribution is -2.42. The van der Waals surface area contributed by atoms with E-state index in [1.165, 1.54) is 0 Å². The Labute approximate surface area is 121 Å². The zero-order chi connectivity index (χ0) is 15.1. The molecule has 1 amide bonds. The zero-order valence-corrected chi connectivity index (χ0v) is 12.8. The van der Waals surface area contributed by atoms with Gasteiger partial charge in [0.15, 0.2) is 0 Å². The highest BCUT2D eigenvalue weighted by Gasteiger charge is 2.17. The number of methoxy groups -OCH3 is 1. The number of carbonyl (C=O) groups is 1. The number of ether oxygens (including phenoxy) is 1. The van der Waals surface area contributed by atoms with Crippen LogP contribution in [0.2, 0.25) is 0 Å². The van der Waals surface area contributed by atoms with Crippen molar-refractivity contribution >= 4 is 5.91 Å². The molecule has 0 fully saturated rings. The molecule has 1 rings (SSSR count). The number of benzene rings is 1. The van der Waals surface area contributed by atoms with Gasteiger partial charge in [0, 0.05) is 12.5 Å². The van der Waals surface area contributed by atoms with Crippen molar-refractivity contribution in [2.75, 3.05) is 13.7 Å². The predicted octanol–water partition coefficient (Wildman–Crippen LogP) is 2.29. The summed E-state index contributed by atoms with van der Waals surface area (Å²) in [6, 6.07) is 7.43. The van der Waals surface area contributed by atoms with Crippen LogP contribution in [0.1, 0.15) is 38.7 Å². The third-order valence-corrected chi connectivity index (χ3v) is 3.31.